The Labute approximate surface area is 117 Å². The van der Waals surface area contributed by atoms with Crippen LogP contribution in [0.2, 0.25) is 0 Å². The molecule has 1 aromatic carbocycles. The van der Waals surface area contributed by atoms with Gasteiger partial charge in [0.05, 0.1) is 6.61 Å². The monoisotopic (exact) mass is 278 g/mol. The van der Waals surface area contributed by atoms with E-state index in [0.717, 1.165) is 5.56 Å². The first-order valence-electron chi connectivity index (χ1n) is 6.24. The highest BCUT2D eigenvalue weighted by Crippen LogP contribution is 2.15. The SMILES string of the molecule is COCc1cccc(C(NCCCN=[N+]=[N-])C(=O)O)c1. The number of rotatable bonds is 9. The molecule has 7 nitrogen and oxygen atoms in total. The van der Waals surface area contributed by atoms with E-state index in [2.05, 4.69) is 15.3 Å². The third kappa shape index (κ3) is 5.27. The molecule has 1 atom stereocenters. The molecule has 0 spiro atoms. The van der Waals surface area contributed by atoms with Crippen molar-refractivity contribution in [2.45, 2.75) is 19.1 Å². The zero-order chi connectivity index (χ0) is 14.8. The number of aliphatic carboxylic acids is 1. The molecule has 0 fully saturated rings. The second kappa shape index (κ2) is 8.92. The van der Waals surface area contributed by atoms with Gasteiger partial charge in [0.1, 0.15) is 6.04 Å². The molecular formula is C13H18N4O3. The van der Waals surface area contributed by atoms with Crippen molar-refractivity contribution in [3.8, 4) is 0 Å². The lowest BCUT2D eigenvalue weighted by molar-refractivity contribution is -0.139. The molecule has 0 aliphatic heterocycles. The summed E-state index contributed by atoms with van der Waals surface area (Å²) in [7, 11) is 1.59. The third-order valence-electron chi connectivity index (χ3n) is 2.69. The Balaban J connectivity index is 2.67. The minimum absolute atomic E-state index is 0.347. The van der Waals surface area contributed by atoms with Crippen molar-refractivity contribution in [1.29, 1.82) is 0 Å². The summed E-state index contributed by atoms with van der Waals surface area (Å²) in [6.07, 6.45) is 0.589. The Morgan fingerprint density at radius 2 is 2.40 bits per heavy atom. The highest BCUT2D eigenvalue weighted by Gasteiger charge is 2.18. The van der Waals surface area contributed by atoms with E-state index in [1.807, 2.05) is 12.1 Å². The second-order valence-corrected chi connectivity index (χ2v) is 4.21. The van der Waals surface area contributed by atoms with Gasteiger partial charge in [-0.15, -0.1) is 0 Å². The minimum atomic E-state index is -0.941. The zero-order valence-corrected chi connectivity index (χ0v) is 11.3. The number of hydrogen-bond acceptors (Lipinski definition) is 4. The maximum absolute atomic E-state index is 11.3. The molecule has 0 amide bonds. The van der Waals surface area contributed by atoms with Crippen LogP contribution in [0.25, 0.3) is 10.4 Å². The van der Waals surface area contributed by atoms with E-state index in [-0.39, 0.29) is 0 Å². The molecule has 1 aromatic rings. The molecule has 0 aliphatic rings. The van der Waals surface area contributed by atoms with Gasteiger partial charge in [-0.1, -0.05) is 29.4 Å². The van der Waals surface area contributed by atoms with Gasteiger partial charge in [-0.3, -0.25) is 4.79 Å². The lowest BCUT2D eigenvalue weighted by Crippen LogP contribution is -2.29. The average Bonchev–Trinajstić information content (AvgIpc) is 2.43. The number of nitrogens with zero attached hydrogens (tertiary/aromatic N) is 3. The van der Waals surface area contributed by atoms with Crippen molar-refractivity contribution in [3.63, 3.8) is 0 Å². The number of ether oxygens (including phenoxy) is 1. The van der Waals surface area contributed by atoms with Crippen LogP contribution >= 0.6 is 0 Å². The Kier molecular flexibility index (Phi) is 7.13. The largest absolute Gasteiger partial charge is 0.480 e. The number of hydrogen-bond donors (Lipinski definition) is 2. The van der Waals surface area contributed by atoms with Gasteiger partial charge in [-0.05, 0) is 29.6 Å². The van der Waals surface area contributed by atoms with Gasteiger partial charge in [-0.2, -0.15) is 0 Å². The van der Waals surface area contributed by atoms with Crippen LogP contribution < -0.4 is 5.32 Å². The highest BCUT2D eigenvalue weighted by molar-refractivity contribution is 5.75. The van der Waals surface area contributed by atoms with E-state index in [0.29, 0.717) is 31.7 Å². The van der Waals surface area contributed by atoms with Crippen molar-refractivity contribution in [2.75, 3.05) is 20.2 Å². The summed E-state index contributed by atoms with van der Waals surface area (Å²) in [5.41, 5.74) is 9.75. The van der Waals surface area contributed by atoms with E-state index in [9.17, 15) is 9.90 Å². The van der Waals surface area contributed by atoms with Crippen molar-refractivity contribution in [2.24, 2.45) is 5.11 Å². The van der Waals surface area contributed by atoms with Gasteiger partial charge in [0, 0.05) is 18.6 Å². The van der Waals surface area contributed by atoms with Crippen LogP contribution in [0.3, 0.4) is 0 Å². The number of methoxy groups -OCH3 is 1. The highest BCUT2D eigenvalue weighted by atomic mass is 16.5. The van der Waals surface area contributed by atoms with Crippen molar-refractivity contribution in [3.05, 3.63) is 45.8 Å². The fourth-order valence-corrected chi connectivity index (χ4v) is 1.82. The lowest BCUT2D eigenvalue weighted by Gasteiger charge is -2.15. The molecule has 20 heavy (non-hydrogen) atoms. The minimum Gasteiger partial charge on any atom is -0.480 e. The van der Waals surface area contributed by atoms with E-state index in [4.69, 9.17) is 10.3 Å². The third-order valence-corrected chi connectivity index (χ3v) is 2.69. The summed E-state index contributed by atoms with van der Waals surface area (Å²) in [6, 6.07) is 6.48. The first-order chi connectivity index (χ1) is 9.69. The molecule has 1 unspecified atom stereocenters. The first kappa shape index (κ1) is 16.0. The molecule has 0 saturated heterocycles. The van der Waals surface area contributed by atoms with Gasteiger partial charge in [-0.25, -0.2) is 0 Å². The van der Waals surface area contributed by atoms with Crippen LogP contribution in [0, 0.1) is 0 Å². The van der Waals surface area contributed by atoms with Crippen LogP contribution in [0.4, 0.5) is 0 Å². The summed E-state index contributed by atoms with van der Waals surface area (Å²) in [6.45, 7) is 1.25. The maximum Gasteiger partial charge on any atom is 0.325 e. The van der Waals surface area contributed by atoms with Crippen LogP contribution in [0.5, 0.6) is 0 Å². The molecule has 108 valence electrons. The van der Waals surface area contributed by atoms with Crippen molar-refractivity contribution < 1.29 is 14.6 Å². The van der Waals surface area contributed by atoms with Crippen LogP contribution in [0.15, 0.2) is 29.4 Å². The second-order valence-electron chi connectivity index (χ2n) is 4.21. The first-order valence-corrected chi connectivity index (χ1v) is 6.24. The topological polar surface area (TPSA) is 107 Å². The van der Waals surface area contributed by atoms with Gasteiger partial charge < -0.3 is 15.2 Å². The molecule has 0 bridgehead atoms. The summed E-state index contributed by atoms with van der Waals surface area (Å²) in [5.74, 6) is -0.941. The number of carbonyl (C=O) groups is 1. The molecule has 2 N–H and O–H groups in total. The number of carboxylic acids is 1. The van der Waals surface area contributed by atoms with Crippen LogP contribution in [-0.2, 0) is 16.1 Å². The van der Waals surface area contributed by atoms with Gasteiger partial charge in [0.2, 0.25) is 0 Å². The van der Waals surface area contributed by atoms with Gasteiger partial charge in [0.25, 0.3) is 0 Å². The number of carboxylic acid groups (broad SMARTS) is 1. The lowest BCUT2D eigenvalue weighted by atomic mass is 10.0. The Morgan fingerprint density at radius 1 is 1.60 bits per heavy atom. The smallest absolute Gasteiger partial charge is 0.325 e. The molecule has 0 heterocycles. The summed E-state index contributed by atoms with van der Waals surface area (Å²) in [4.78, 5) is 14.0. The van der Waals surface area contributed by atoms with Crippen LogP contribution in [-0.4, -0.2) is 31.3 Å². The van der Waals surface area contributed by atoms with Crippen molar-refractivity contribution >= 4 is 5.97 Å². The normalized spacial score (nSPS) is 11.7. The Morgan fingerprint density at radius 3 is 3.05 bits per heavy atom. The fraction of sp³-hybridized carbons (Fsp3) is 0.462. The number of nitrogens with one attached hydrogen (secondary N) is 1. The van der Waals surface area contributed by atoms with Gasteiger partial charge >= 0.3 is 5.97 Å². The fourth-order valence-electron chi connectivity index (χ4n) is 1.82. The molecule has 1 rings (SSSR count). The van der Waals surface area contributed by atoms with Crippen LogP contribution in [0.1, 0.15) is 23.6 Å². The quantitative estimate of drug-likeness (QED) is 0.312. The zero-order valence-electron chi connectivity index (χ0n) is 11.3. The summed E-state index contributed by atoms with van der Waals surface area (Å²) >= 11 is 0. The molecule has 0 aliphatic carbocycles. The van der Waals surface area contributed by atoms with E-state index >= 15 is 0 Å². The standard InChI is InChI=1S/C13H18N4O3/c1-20-9-10-4-2-5-11(8-10)12(13(18)19)15-6-3-7-16-17-14/h2,4-5,8,12,15H,3,6-7,9H2,1H3,(H,18,19). The molecule has 0 aromatic heterocycles. The molecule has 0 saturated carbocycles. The maximum atomic E-state index is 11.3. The van der Waals surface area contributed by atoms with Crippen molar-refractivity contribution in [1.82, 2.24) is 5.32 Å². The van der Waals surface area contributed by atoms with E-state index in [1.165, 1.54) is 0 Å². The molecule has 0 radical (unpaired) electrons. The predicted octanol–water partition coefficient (Wildman–Crippen LogP) is 2.25. The predicted molar refractivity (Wildman–Crippen MR) is 74.2 cm³/mol. The Bertz CT molecular complexity index is 486. The molecule has 7 heteroatoms. The number of benzene rings is 1. The number of azide groups is 1. The summed E-state index contributed by atoms with van der Waals surface area (Å²) < 4.78 is 5.03. The van der Waals surface area contributed by atoms with E-state index in [1.54, 1.807) is 19.2 Å². The summed E-state index contributed by atoms with van der Waals surface area (Å²) in [5, 5.41) is 15.6. The van der Waals surface area contributed by atoms with Gasteiger partial charge in [0.15, 0.2) is 0 Å². The molecular weight excluding hydrogens is 260 g/mol. The average molecular weight is 278 g/mol. The van der Waals surface area contributed by atoms with E-state index < -0.39 is 12.0 Å². The Hall–Kier alpha value is -2.08.